The molecule has 1 saturated carbocycles. The van der Waals surface area contributed by atoms with Gasteiger partial charge in [0, 0.05) is 17.4 Å². The molecular weight excluding hydrogens is 329 g/mol. The largest absolute Gasteiger partial charge is 0.242 e. The Bertz CT molecular complexity index is 570. The summed E-state index contributed by atoms with van der Waals surface area (Å²) in [5.41, 5.74) is 0.0276. The van der Waals surface area contributed by atoms with Crippen molar-refractivity contribution in [3.63, 3.8) is 0 Å². The molecule has 0 aromatic heterocycles. The first-order valence-electron chi connectivity index (χ1n) is 5.89. The molecule has 0 bridgehead atoms. The lowest BCUT2D eigenvalue weighted by atomic mass is 10.1. The number of hydrogen-bond acceptors (Lipinski definition) is 2. The Hall–Kier alpha value is -0.000000000000000167. The Labute approximate surface area is 128 Å². The summed E-state index contributed by atoms with van der Waals surface area (Å²) in [6.07, 6.45) is 2.83. The van der Waals surface area contributed by atoms with Gasteiger partial charge in [-0.15, -0.1) is 11.6 Å². The number of halogens is 3. The Kier molecular flexibility index (Phi) is 4.68. The van der Waals surface area contributed by atoms with E-state index in [4.69, 9.17) is 34.8 Å². The standard InChI is InChI=1S/C12H14Cl3NO2S/c13-6-5-12(3-4-12)8-16-19(17,18)11-7-9(14)1-2-10(11)15/h1-2,7,16H,3-6,8H2. The number of sulfonamides is 1. The number of nitrogens with one attached hydrogen (secondary N) is 1. The molecule has 0 unspecified atom stereocenters. The van der Waals surface area contributed by atoms with Crippen molar-refractivity contribution in [2.45, 2.75) is 24.2 Å². The maximum absolute atomic E-state index is 12.2. The van der Waals surface area contributed by atoms with Gasteiger partial charge < -0.3 is 0 Å². The highest BCUT2D eigenvalue weighted by Crippen LogP contribution is 2.48. The van der Waals surface area contributed by atoms with Crippen molar-refractivity contribution in [2.24, 2.45) is 5.41 Å². The van der Waals surface area contributed by atoms with Gasteiger partial charge >= 0.3 is 0 Å². The van der Waals surface area contributed by atoms with E-state index in [0.717, 1.165) is 19.3 Å². The van der Waals surface area contributed by atoms with Crippen LogP contribution in [0.2, 0.25) is 10.0 Å². The first kappa shape index (κ1) is 15.4. The molecule has 0 heterocycles. The van der Waals surface area contributed by atoms with Crippen LogP contribution in [0.25, 0.3) is 0 Å². The third-order valence-corrected chi connectivity index (χ3v) is 5.71. The Morgan fingerprint density at radius 2 is 1.95 bits per heavy atom. The number of rotatable bonds is 6. The fraction of sp³-hybridized carbons (Fsp3) is 0.500. The predicted molar refractivity (Wildman–Crippen MR) is 78.7 cm³/mol. The van der Waals surface area contributed by atoms with Crippen molar-refractivity contribution in [1.29, 1.82) is 0 Å². The molecule has 1 fully saturated rings. The van der Waals surface area contributed by atoms with E-state index in [2.05, 4.69) is 4.72 Å². The summed E-state index contributed by atoms with van der Waals surface area (Å²) >= 11 is 17.4. The van der Waals surface area contributed by atoms with Gasteiger partial charge in [0.1, 0.15) is 4.90 Å². The lowest BCUT2D eigenvalue weighted by Gasteiger charge is -2.15. The van der Waals surface area contributed by atoms with Crippen LogP contribution in [0.4, 0.5) is 0 Å². The smallest absolute Gasteiger partial charge is 0.211 e. The van der Waals surface area contributed by atoms with Crippen molar-refractivity contribution < 1.29 is 8.42 Å². The van der Waals surface area contributed by atoms with E-state index in [0.29, 0.717) is 17.4 Å². The van der Waals surface area contributed by atoms with Crippen LogP contribution in [0.1, 0.15) is 19.3 Å². The summed E-state index contributed by atoms with van der Waals surface area (Å²) < 4.78 is 27.0. The van der Waals surface area contributed by atoms with Crippen LogP contribution in [-0.4, -0.2) is 20.8 Å². The van der Waals surface area contributed by atoms with E-state index in [1.165, 1.54) is 12.1 Å². The fourth-order valence-electron chi connectivity index (χ4n) is 1.90. The molecule has 7 heteroatoms. The Balaban J connectivity index is 2.12. The highest BCUT2D eigenvalue weighted by Gasteiger charge is 2.42. The van der Waals surface area contributed by atoms with Gasteiger partial charge in [-0.2, -0.15) is 0 Å². The topological polar surface area (TPSA) is 46.2 Å². The molecular formula is C12H14Cl3NO2S. The molecule has 106 valence electrons. The molecule has 0 atom stereocenters. The third-order valence-electron chi connectivity index (χ3n) is 3.40. The first-order valence-corrected chi connectivity index (χ1v) is 8.67. The van der Waals surface area contributed by atoms with Crippen LogP contribution < -0.4 is 4.72 Å². The average molecular weight is 343 g/mol. The zero-order valence-electron chi connectivity index (χ0n) is 10.1. The second kappa shape index (κ2) is 5.78. The summed E-state index contributed by atoms with van der Waals surface area (Å²) in [7, 11) is -3.63. The van der Waals surface area contributed by atoms with Crippen molar-refractivity contribution in [3.8, 4) is 0 Å². The zero-order chi connectivity index (χ0) is 14.1. The molecule has 3 nitrogen and oxygen atoms in total. The number of hydrogen-bond donors (Lipinski definition) is 1. The van der Waals surface area contributed by atoms with Crippen LogP contribution in [-0.2, 0) is 10.0 Å². The minimum atomic E-state index is -3.63. The van der Waals surface area contributed by atoms with E-state index in [9.17, 15) is 8.42 Å². The summed E-state index contributed by atoms with van der Waals surface area (Å²) in [6.45, 7) is 0.394. The van der Waals surface area contributed by atoms with E-state index < -0.39 is 10.0 Å². The Morgan fingerprint density at radius 3 is 2.53 bits per heavy atom. The predicted octanol–water partition coefficient (Wildman–Crippen LogP) is 3.68. The van der Waals surface area contributed by atoms with Crippen molar-refractivity contribution in [1.82, 2.24) is 4.72 Å². The minimum absolute atomic E-state index is 0.0170. The highest BCUT2D eigenvalue weighted by molar-refractivity contribution is 7.89. The van der Waals surface area contributed by atoms with Crippen LogP contribution in [0.5, 0.6) is 0 Å². The molecule has 1 aromatic carbocycles. The molecule has 1 aliphatic carbocycles. The van der Waals surface area contributed by atoms with Gasteiger partial charge in [-0.25, -0.2) is 13.1 Å². The molecule has 1 aliphatic rings. The van der Waals surface area contributed by atoms with E-state index in [-0.39, 0.29) is 15.3 Å². The monoisotopic (exact) mass is 341 g/mol. The summed E-state index contributed by atoms with van der Waals surface area (Å²) in [6, 6.07) is 4.39. The number of alkyl halides is 1. The second-order valence-corrected chi connectivity index (χ2v) is 7.80. The van der Waals surface area contributed by atoms with E-state index in [1.807, 2.05) is 0 Å². The van der Waals surface area contributed by atoms with Gasteiger partial charge in [0.15, 0.2) is 0 Å². The first-order chi connectivity index (χ1) is 8.88. The van der Waals surface area contributed by atoms with Gasteiger partial charge in [-0.1, -0.05) is 23.2 Å². The molecule has 0 saturated heterocycles. The molecule has 1 N–H and O–H groups in total. The highest BCUT2D eigenvalue weighted by atomic mass is 35.5. The van der Waals surface area contributed by atoms with Crippen molar-refractivity contribution >= 4 is 44.8 Å². The van der Waals surface area contributed by atoms with Crippen LogP contribution >= 0.6 is 34.8 Å². The van der Waals surface area contributed by atoms with Crippen molar-refractivity contribution in [3.05, 3.63) is 28.2 Å². The van der Waals surface area contributed by atoms with Gasteiger partial charge in [0.2, 0.25) is 10.0 Å². The molecule has 0 amide bonds. The third kappa shape index (κ3) is 3.76. The lowest BCUT2D eigenvalue weighted by molar-refractivity contribution is 0.478. The SMILES string of the molecule is O=S(=O)(NCC1(CCCl)CC1)c1cc(Cl)ccc1Cl. The van der Waals surface area contributed by atoms with Gasteiger partial charge in [-0.05, 0) is 42.9 Å². The Morgan fingerprint density at radius 1 is 1.26 bits per heavy atom. The minimum Gasteiger partial charge on any atom is -0.211 e. The van der Waals surface area contributed by atoms with Crippen molar-refractivity contribution in [2.75, 3.05) is 12.4 Å². The van der Waals surface area contributed by atoms with Gasteiger partial charge in [0.25, 0.3) is 0 Å². The molecule has 0 spiro atoms. The molecule has 0 aliphatic heterocycles. The number of benzene rings is 1. The quantitative estimate of drug-likeness (QED) is 0.802. The van der Waals surface area contributed by atoms with Gasteiger partial charge in [-0.3, -0.25) is 0 Å². The maximum Gasteiger partial charge on any atom is 0.242 e. The molecule has 2 rings (SSSR count). The fourth-order valence-corrected chi connectivity index (χ4v) is 4.22. The van der Waals surface area contributed by atoms with Crippen LogP contribution in [0.3, 0.4) is 0 Å². The van der Waals surface area contributed by atoms with Crippen LogP contribution in [0, 0.1) is 5.41 Å². The van der Waals surface area contributed by atoms with Crippen LogP contribution in [0.15, 0.2) is 23.1 Å². The second-order valence-electron chi connectivity index (χ2n) is 4.84. The molecule has 1 aromatic rings. The van der Waals surface area contributed by atoms with Gasteiger partial charge in [0.05, 0.1) is 5.02 Å². The molecule has 0 radical (unpaired) electrons. The lowest BCUT2D eigenvalue weighted by Crippen LogP contribution is -2.30. The van der Waals surface area contributed by atoms with E-state index >= 15 is 0 Å². The maximum atomic E-state index is 12.2. The zero-order valence-corrected chi connectivity index (χ0v) is 13.2. The summed E-state index contributed by atoms with van der Waals surface area (Å²) in [5.74, 6) is 0.541. The normalized spacial score (nSPS) is 17.4. The summed E-state index contributed by atoms with van der Waals surface area (Å²) in [4.78, 5) is 0.0170. The molecule has 19 heavy (non-hydrogen) atoms. The summed E-state index contributed by atoms with van der Waals surface area (Å²) in [5, 5.41) is 0.505. The average Bonchev–Trinajstić information content (AvgIpc) is 3.11. The van der Waals surface area contributed by atoms with E-state index in [1.54, 1.807) is 6.07 Å².